The van der Waals surface area contributed by atoms with Crippen molar-refractivity contribution in [3.63, 3.8) is 0 Å². The summed E-state index contributed by atoms with van der Waals surface area (Å²) in [6.45, 7) is 0.176. The van der Waals surface area contributed by atoms with Gasteiger partial charge in [-0.25, -0.2) is 8.42 Å². The standard InChI is InChI=1S/C22H31F3N2O3S/c23-22(24,25)19-11-18(31(29,30)13-16-8-9-16)20(21(26)28)17(27(19)12-15-6-7-15)10-14-4-2-1-3-5-14/h11,14-17H,1-10,12-13H2,(H2,26,28). The molecule has 0 saturated heterocycles. The van der Waals surface area contributed by atoms with Crippen molar-refractivity contribution in [2.24, 2.45) is 23.5 Å². The highest BCUT2D eigenvalue weighted by atomic mass is 32.2. The van der Waals surface area contributed by atoms with Gasteiger partial charge in [0.1, 0.15) is 5.70 Å². The number of amides is 1. The van der Waals surface area contributed by atoms with Crippen molar-refractivity contribution >= 4 is 15.7 Å². The maximum Gasteiger partial charge on any atom is 0.431 e. The Hall–Kier alpha value is -1.51. The number of halogens is 3. The lowest BCUT2D eigenvalue weighted by atomic mass is 9.81. The topological polar surface area (TPSA) is 80.5 Å². The lowest BCUT2D eigenvalue weighted by Gasteiger charge is -2.42. The Kier molecular flexibility index (Phi) is 6.18. The van der Waals surface area contributed by atoms with Gasteiger partial charge in [-0.05, 0) is 55.9 Å². The third-order valence-corrected chi connectivity index (χ3v) is 8.95. The third-order valence-electron chi connectivity index (χ3n) is 7.03. The van der Waals surface area contributed by atoms with E-state index < -0.39 is 38.6 Å². The van der Waals surface area contributed by atoms with Gasteiger partial charge in [0.15, 0.2) is 9.84 Å². The van der Waals surface area contributed by atoms with E-state index in [1.807, 2.05) is 0 Å². The van der Waals surface area contributed by atoms with Crippen LogP contribution in [0.5, 0.6) is 0 Å². The van der Waals surface area contributed by atoms with Crippen molar-refractivity contribution in [1.29, 1.82) is 0 Å². The van der Waals surface area contributed by atoms with Crippen molar-refractivity contribution in [2.75, 3.05) is 12.3 Å². The summed E-state index contributed by atoms with van der Waals surface area (Å²) < 4.78 is 68.6. The smallest absolute Gasteiger partial charge is 0.366 e. The molecule has 4 rings (SSSR count). The molecule has 3 aliphatic carbocycles. The summed E-state index contributed by atoms with van der Waals surface area (Å²) in [5, 5.41) is 0. The zero-order valence-corrected chi connectivity index (χ0v) is 18.5. The molecule has 1 amide bonds. The maximum atomic E-state index is 14.1. The van der Waals surface area contributed by atoms with Gasteiger partial charge in [0.25, 0.3) is 0 Å². The molecule has 1 heterocycles. The van der Waals surface area contributed by atoms with E-state index in [2.05, 4.69) is 0 Å². The van der Waals surface area contributed by atoms with Gasteiger partial charge >= 0.3 is 6.18 Å². The predicted molar refractivity (Wildman–Crippen MR) is 111 cm³/mol. The molecule has 0 aromatic carbocycles. The van der Waals surface area contributed by atoms with Crippen molar-refractivity contribution < 1.29 is 26.4 Å². The lowest BCUT2D eigenvalue weighted by Crippen LogP contribution is -2.48. The van der Waals surface area contributed by atoms with E-state index in [0.717, 1.165) is 57.8 Å². The van der Waals surface area contributed by atoms with Crippen LogP contribution in [-0.4, -0.2) is 43.7 Å². The Bertz CT molecular complexity index is 880. The molecule has 4 aliphatic rings. The molecular weight excluding hydrogens is 429 g/mol. The normalized spacial score (nSPS) is 26.2. The average Bonchev–Trinajstić information content (AvgIpc) is 3.59. The molecule has 0 aromatic rings. The Labute approximate surface area is 181 Å². The van der Waals surface area contributed by atoms with Crippen LogP contribution in [0.2, 0.25) is 0 Å². The number of nitrogens with two attached hydrogens (primary N) is 1. The molecule has 9 heteroatoms. The van der Waals surface area contributed by atoms with Crippen LogP contribution in [0.25, 0.3) is 0 Å². The second kappa shape index (κ2) is 8.45. The fourth-order valence-corrected chi connectivity index (χ4v) is 7.03. The minimum atomic E-state index is -4.71. The highest BCUT2D eigenvalue weighted by Gasteiger charge is 2.48. The Morgan fingerprint density at radius 2 is 1.61 bits per heavy atom. The Morgan fingerprint density at radius 1 is 1.00 bits per heavy atom. The van der Waals surface area contributed by atoms with Crippen LogP contribution in [0.1, 0.15) is 64.2 Å². The SMILES string of the molecule is NC(=O)C1=C(S(=O)(=O)CC2CC2)C=C(C(F)(F)F)N(CC2CC2)C1CC1CCCCC1. The van der Waals surface area contributed by atoms with E-state index in [0.29, 0.717) is 12.5 Å². The largest absolute Gasteiger partial charge is 0.431 e. The second-order valence-corrected chi connectivity index (χ2v) is 11.7. The molecule has 174 valence electrons. The van der Waals surface area contributed by atoms with Crippen molar-refractivity contribution in [3.05, 3.63) is 22.3 Å². The molecule has 1 aliphatic heterocycles. The molecule has 2 N–H and O–H groups in total. The predicted octanol–water partition coefficient (Wildman–Crippen LogP) is 4.06. The molecule has 5 nitrogen and oxygen atoms in total. The molecule has 1 unspecified atom stereocenters. The van der Waals surface area contributed by atoms with Crippen LogP contribution in [0.3, 0.4) is 0 Å². The first-order valence-electron chi connectivity index (χ1n) is 11.4. The van der Waals surface area contributed by atoms with Crippen LogP contribution in [0.4, 0.5) is 13.2 Å². The molecule has 0 aromatic heterocycles. The van der Waals surface area contributed by atoms with Gasteiger partial charge < -0.3 is 10.6 Å². The molecule has 0 spiro atoms. The first-order chi connectivity index (χ1) is 14.6. The fourth-order valence-electron chi connectivity index (χ4n) is 5.03. The Balaban J connectivity index is 1.80. The zero-order chi connectivity index (χ0) is 22.4. The van der Waals surface area contributed by atoms with E-state index in [1.165, 1.54) is 4.90 Å². The van der Waals surface area contributed by atoms with Gasteiger partial charge in [0.05, 0.1) is 22.3 Å². The molecule has 3 fully saturated rings. The molecule has 0 radical (unpaired) electrons. The van der Waals surface area contributed by atoms with Crippen molar-refractivity contribution in [1.82, 2.24) is 4.90 Å². The van der Waals surface area contributed by atoms with Crippen LogP contribution >= 0.6 is 0 Å². The van der Waals surface area contributed by atoms with Gasteiger partial charge in [0.2, 0.25) is 5.91 Å². The van der Waals surface area contributed by atoms with Gasteiger partial charge in [-0.2, -0.15) is 13.2 Å². The molecule has 1 atom stereocenters. The number of allylic oxidation sites excluding steroid dienone is 2. The number of primary amides is 1. The van der Waals surface area contributed by atoms with Gasteiger partial charge in [0, 0.05) is 6.54 Å². The highest BCUT2D eigenvalue weighted by Crippen LogP contribution is 2.45. The van der Waals surface area contributed by atoms with Crippen LogP contribution in [-0.2, 0) is 14.6 Å². The van der Waals surface area contributed by atoms with E-state index in [9.17, 15) is 26.4 Å². The van der Waals surface area contributed by atoms with Crippen molar-refractivity contribution in [3.8, 4) is 0 Å². The average molecular weight is 461 g/mol. The minimum Gasteiger partial charge on any atom is -0.366 e. The van der Waals surface area contributed by atoms with Gasteiger partial charge in [-0.15, -0.1) is 0 Å². The zero-order valence-electron chi connectivity index (χ0n) is 17.7. The maximum absolute atomic E-state index is 14.1. The molecule has 31 heavy (non-hydrogen) atoms. The van der Waals surface area contributed by atoms with Gasteiger partial charge in [-0.1, -0.05) is 32.1 Å². The summed E-state index contributed by atoms with van der Waals surface area (Å²) >= 11 is 0. The number of rotatable bonds is 8. The molecule has 0 bridgehead atoms. The quantitative estimate of drug-likeness (QED) is 0.592. The second-order valence-electron chi connectivity index (χ2n) is 9.75. The molecule has 3 saturated carbocycles. The van der Waals surface area contributed by atoms with Crippen molar-refractivity contribution in [2.45, 2.75) is 76.4 Å². The van der Waals surface area contributed by atoms with E-state index in [4.69, 9.17) is 5.73 Å². The third kappa shape index (κ3) is 5.29. The summed E-state index contributed by atoms with van der Waals surface area (Å²) in [5.74, 6) is -0.892. The molecular formula is C22H31F3N2O3S. The summed E-state index contributed by atoms with van der Waals surface area (Å²) in [6.07, 6.45) is 4.38. The number of sulfone groups is 1. The summed E-state index contributed by atoms with van der Waals surface area (Å²) in [5.41, 5.74) is 4.58. The lowest BCUT2D eigenvalue weighted by molar-refractivity contribution is -0.121. The first-order valence-corrected chi connectivity index (χ1v) is 13.0. The number of carbonyl (C=O) groups is 1. The Morgan fingerprint density at radius 3 is 2.13 bits per heavy atom. The summed E-state index contributed by atoms with van der Waals surface area (Å²) in [4.78, 5) is 13.3. The summed E-state index contributed by atoms with van der Waals surface area (Å²) in [7, 11) is -4.04. The van der Waals surface area contributed by atoms with Crippen LogP contribution < -0.4 is 5.73 Å². The number of nitrogens with zero attached hydrogens (tertiary/aromatic N) is 1. The number of hydrogen-bond acceptors (Lipinski definition) is 4. The van der Waals surface area contributed by atoms with Gasteiger partial charge in [-0.3, -0.25) is 4.79 Å². The summed E-state index contributed by atoms with van der Waals surface area (Å²) in [6, 6.07) is -0.938. The minimum absolute atomic E-state index is 0.0457. The number of alkyl halides is 3. The first kappa shape index (κ1) is 22.7. The van der Waals surface area contributed by atoms with E-state index in [-0.39, 0.29) is 35.6 Å². The van der Waals surface area contributed by atoms with Crippen LogP contribution in [0.15, 0.2) is 22.3 Å². The van der Waals surface area contributed by atoms with E-state index >= 15 is 0 Å². The number of carbonyl (C=O) groups excluding carboxylic acids is 1. The van der Waals surface area contributed by atoms with E-state index in [1.54, 1.807) is 0 Å². The fraction of sp³-hybridized carbons (Fsp3) is 0.773. The monoisotopic (exact) mass is 460 g/mol. The number of hydrogen-bond donors (Lipinski definition) is 1. The van der Waals surface area contributed by atoms with Crippen LogP contribution in [0, 0.1) is 17.8 Å². The highest BCUT2D eigenvalue weighted by molar-refractivity contribution is 7.95.